The van der Waals surface area contributed by atoms with Crippen molar-refractivity contribution < 1.29 is 17.9 Å². The van der Waals surface area contributed by atoms with Gasteiger partial charge in [-0.05, 0) is 54.4 Å². The molecule has 0 aliphatic rings. The van der Waals surface area contributed by atoms with E-state index in [4.69, 9.17) is 4.74 Å². The Hall–Kier alpha value is -3.19. The molecule has 1 heterocycles. The number of nitrogens with zero attached hydrogens (tertiary/aromatic N) is 1. The molecule has 7 heteroatoms. The molecule has 0 fully saturated rings. The number of rotatable bonds is 7. The van der Waals surface area contributed by atoms with E-state index in [1.807, 2.05) is 19.1 Å². The molecular weight excluding hydrogens is 388 g/mol. The lowest BCUT2D eigenvalue weighted by molar-refractivity contribution is 0.0953. The minimum Gasteiger partial charge on any atom is -0.497 e. The van der Waals surface area contributed by atoms with Gasteiger partial charge in [-0.15, -0.1) is 0 Å². The topological polar surface area (TPSA) is 85.4 Å². The summed E-state index contributed by atoms with van der Waals surface area (Å²) in [5, 5.41) is 1.79. The average Bonchev–Trinajstić information content (AvgIpc) is 2.74. The molecule has 1 atom stereocenters. The second-order valence-corrected chi connectivity index (χ2v) is 8.65. The van der Waals surface area contributed by atoms with Crippen LogP contribution in [-0.2, 0) is 9.84 Å². The molecular formula is C22H22N2O4S. The van der Waals surface area contributed by atoms with Gasteiger partial charge in [-0.1, -0.05) is 24.3 Å². The van der Waals surface area contributed by atoms with E-state index >= 15 is 0 Å². The zero-order valence-electron chi connectivity index (χ0n) is 16.2. The summed E-state index contributed by atoms with van der Waals surface area (Å²) in [6.45, 7) is 1.76. The number of sulfone groups is 1. The quantitative estimate of drug-likeness (QED) is 0.646. The summed E-state index contributed by atoms with van der Waals surface area (Å²) in [5.74, 6) is 0.247. The Morgan fingerprint density at radius 2 is 1.79 bits per heavy atom. The van der Waals surface area contributed by atoms with Crippen LogP contribution in [0, 0.1) is 6.92 Å². The number of carbonyl (C=O) groups excluding carboxylic acids is 1. The molecule has 3 aromatic rings. The van der Waals surface area contributed by atoms with Gasteiger partial charge in [0.25, 0.3) is 5.91 Å². The van der Waals surface area contributed by atoms with Gasteiger partial charge in [0.2, 0.25) is 0 Å². The highest BCUT2D eigenvalue weighted by Crippen LogP contribution is 2.29. The molecule has 0 spiro atoms. The Bertz CT molecular complexity index is 1080. The van der Waals surface area contributed by atoms with Gasteiger partial charge in [0, 0.05) is 24.5 Å². The number of carbonyl (C=O) groups is 1. The van der Waals surface area contributed by atoms with Crippen molar-refractivity contribution in [3.8, 4) is 5.75 Å². The maximum atomic E-state index is 13.3. The Kier molecular flexibility index (Phi) is 6.29. The summed E-state index contributed by atoms with van der Waals surface area (Å²) in [6, 6.07) is 16.7. The molecule has 1 aromatic heterocycles. The fraction of sp³-hybridized carbons (Fsp3) is 0.182. The summed E-state index contributed by atoms with van der Waals surface area (Å²) in [6.07, 6.45) is 3.08. The largest absolute Gasteiger partial charge is 0.497 e. The SMILES string of the molecule is COc1ccc(S(=O)(=O)C(CNC(=O)c2ccccc2C)c2cccnc2)cc1. The number of nitrogens with one attached hydrogen (secondary N) is 1. The first-order chi connectivity index (χ1) is 13.9. The normalized spacial score (nSPS) is 12.2. The van der Waals surface area contributed by atoms with Crippen molar-refractivity contribution in [1.29, 1.82) is 0 Å². The maximum Gasteiger partial charge on any atom is 0.251 e. The van der Waals surface area contributed by atoms with E-state index in [0.717, 1.165) is 5.56 Å². The van der Waals surface area contributed by atoms with Crippen LogP contribution in [0.1, 0.15) is 26.7 Å². The van der Waals surface area contributed by atoms with Crippen molar-refractivity contribution in [1.82, 2.24) is 10.3 Å². The average molecular weight is 410 g/mol. The first kappa shape index (κ1) is 20.5. The molecule has 1 amide bonds. The van der Waals surface area contributed by atoms with Gasteiger partial charge >= 0.3 is 0 Å². The lowest BCUT2D eigenvalue weighted by Crippen LogP contribution is -2.32. The Morgan fingerprint density at radius 3 is 2.41 bits per heavy atom. The van der Waals surface area contributed by atoms with E-state index in [0.29, 0.717) is 16.9 Å². The fourth-order valence-corrected chi connectivity index (χ4v) is 4.66. The number of benzene rings is 2. The number of aromatic nitrogens is 1. The zero-order valence-corrected chi connectivity index (χ0v) is 17.0. The van der Waals surface area contributed by atoms with Crippen LogP contribution in [0.2, 0.25) is 0 Å². The van der Waals surface area contributed by atoms with Gasteiger partial charge in [0.1, 0.15) is 11.0 Å². The van der Waals surface area contributed by atoms with Crippen molar-refractivity contribution >= 4 is 15.7 Å². The van der Waals surface area contributed by atoms with Crippen LogP contribution in [0.5, 0.6) is 5.75 Å². The van der Waals surface area contributed by atoms with Gasteiger partial charge < -0.3 is 10.1 Å². The van der Waals surface area contributed by atoms with E-state index in [1.54, 1.807) is 42.6 Å². The molecule has 0 saturated carbocycles. The van der Waals surface area contributed by atoms with E-state index in [1.165, 1.54) is 25.4 Å². The number of methoxy groups -OCH3 is 1. The van der Waals surface area contributed by atoms with Crippen LogP contribution in [0.4, 0.5) is 0 Å². The molecule has 3 rings (SSSR count). The van der Waals surface area contributed by atoms with Crippen molar-refractivity contribution in [3.05, 3.63) is 89.7 Å². The molecule has 0 radical (unpaired) electrons. The predicted molar refractivity (Wildman–Crippen MR) is 111 cm³/mol. The molecule has 29 heavy (non-hydrogen) atoms. The first-order valence-corrected chi connectivity index (χ1v) is 10.6. The van der Waals surface area contributed by atoms with Crippen LogP contribution < -0.4 is 10.1 Å². The zero-order chi connectivity index (χ0) is 20.9. The lowest BCUT2D eigenvalue weighted by atomic mass is 10.1. The van der Waals surface area contributed by atoms with Crippen molar-refractivity contribution in [2.75, 3.05) is 13.7 Å². The Balaban J connectivity index is 1.91. The molecule has 6 nitrogen and oxygen atoms in total. The minimum atomic E-state index is -3.78. The van der Waals surface area contributed by atoms with E-state index in [2.05, 4.69) is 10.3 Å². The summed E-state index contributed by atoms with van der Waals surface area (Å²) < 4.78 is 31.8. The highest BCUT2D eigenvalue weighted by molar-refractivity contribution is 7.91. The van der Waals surface area contributed by atoms with Crippen LogP contribution in [0.3, 0.4) is 0 Å². The number of aryl methyl sites for hydroxylation is 1. The van der Waals surface area contributed by atoms with Crippen LogP contribution in [-0.4, -0.2) is 33.0 Å². The third kappa shape index (κ3) is 4.63. The van der Waals surface area contributed by atoms with Gasteiger partial charge in [-0.25, -0.2) is 8.42 Å². The molecule has 1 unspecified atom stereocenters. The summed E-state index contributed by atoms with van der Waals surface area (Å²) in [7, 11) is -2.26. The van der Waals surface area contributed by atoms with Crippen LogP contribution in [0.25, 0.3) is 0 Å². The third-order valence-corrected chi connectivity index (χ3v) is 6.77. The number of pyridine rings is 1. The second kappa shape index (κ2) is 8.87. The lowest BCUT2D eigenvalue weighted by Gasteiger charge is -2.19. The third-order valence-electron chi connectivity index (χ3n) is 4.66. The van der Waals surface area contributed by atoms with E-state index in [-0.39, 0.29) is 17.3 Å². The maximum absolute atomic E-state index is 13.3. The van der Waals surface area contributed by atoms with Crippen molar-refractivity contribution in [2.24, 2.45) is 0 Å². The summed E-state index contributed by atoms with van der Waals surface area (Å²) in [5.41, 5.74) is 1.84. The Morgan fingerprint density at radius 1 is 1.07 bits per heavy atom. The second-order valence-electron chi connectivity index (χ2n) is 6.52. The molecule has 150 valence electrons. The van der Waals surface area contributed by atoms with E-state index < -0.39 is 15.1 Å². The van der Waals surface area contributed by atoms with Crippen molar-refractivity contribution in [3.63, 3.8) is 0 Å². The standard InChI is InChI=1S/C22H22N2O4S/c1-16-6-3-4-8-20(16)22(25)24-15-21(17-7-5-13-23-14-17)29(26,27)19-11-9-18(28-2)10-12-19/h3-14,21H,15H2,1-2H3,(H,24,25). The summed E-state index contributed by atoms with van der Waals surface area (Å²) in [4.78, 5) is 16.8. The molecule has 1 N–H and O–H groups in total. The molecule has 0 aliphatic heterocycles. The number of ether oxygens (including phenoxy) is 1. The van der Waals surface area contributed by atoms with Gasteiger partial charge in [0.15, 0.2) is 9.84 Å². The van der Waals surface area contributed by atoms with E-state index in [9.17, 15) is 13.2 Å². The molecule has 0 saturated heterocycles. The monoisotopic (exact) mass is 410 g/mol. The number of amides is 1. The predicted octanol–water partition coefficient (Wildman–Crippen LogP) is 3.34. The number of hydrogen-bond donors (Lipinski definition) is 1. The van der Waals surface area contributed by atoms with Gasteiger partial charge in [-0.3, -0.25) is 9.78 Å². The smallest absolute Gasteiger partial charge is 0.251 e. The fourth-order valence-electron chi connectivity index (χ4n) is 3.01. The summed E-state index contributed by atoms with van der Waals surface area (Å²) >= 11 is 0. The molecule has 0 aliphatic carbocycles. The Labute approximate surface area is 170 Å². The highest BCUT2D eigenvalue weighted by Gasteiger charge is 2.30. The van der Waals surface area contributed by atoms with Crippen molar-refractivity contribution in [2.45, 2.75) is 17.1 Å². The van der Waals surface area contributed by atoms with Crippen LogP contribution >= 0.6 is 0 Å². The minimum absolute atomic E-state index is 0.0762. The van der Waals surface area contributed by atoms with Gasteiger partial charge in [0.05, 0.1) is 12.0 Å². The molecule has 2 aromatic carbocycles. The highest BCUT2D eigenvalue weighted by atomic mass is 32.2. The molecule has 0 bridgehead atoms. The number of hydrogen-bond acceptors (Lipinski definition) is 5. The van der Waals surface area contributed by atoms with Crippen LogP contribution in [0.15, 0.2) is 78.0 Å². The van der Waals surface area contributed by atoms with Gasteiger partial charge in [-0.2, -0.15) is 0 Å². The first-order valence-electron chi connectivity index (χ1n) is 9.05.